The molecular formula is C7H13NO2. The summed E-state index contributed by atoms with van der Waals surface area (Å²) in [6, 6.07) is 0.452. The van der Waals surface area contributed by atoms with E-state index in [1.807, 2.05) is 7.05 Å². The maximum atomic E-state index is 5.12. The van der Waals surface area contributed by atoms with Crippen molar-refractivity contribution in [2.45, 2.75) is 19.4 Å². The number of hydrogen-bond acceptors (Lipinski definition) is 3. The molecule has 0 amide bonds. The lowest BCUT2D eigenvalue weighted by Crippen LogP contribution is -2.21. The molecule has 3 heteroatoms. The van der Waals surface area contributed by atoms with Crippen LogP contribution >= 0.6 is 0 Å². The minimum atomic E-state index is 0.381. The molecule has 1 heterocycles. The van der Waals surface area contributed by atoms with Crippen molar-refractivity contribution in [2.75, 3.05) is 13.8 Å². The molecule has 1 rings (SSSR count). The molecule has 10 heavy (non-hydrogen) atoms. The molecular weight excluding hydrogens is 130 g/mol. The predicted octanol–water partition coefficient (Wildman–Crippen LogP) is 0.830. The van der Waals surface area contributed by atoms with E-state index in [1.165, 1.54) is 0 Å². The molecule has 1 N–H and O–H groups in total. The van der Waals surface area contributed by atoms with Crippen molar-refractivity contribution in [3.8, 4) is 0 Å². The first-order chi connectivity index (χ1) is 4.83. The maximum Gasteiger partial charge on any atom is 0.229 e. The standard InChI is InChI=1S/C7H13NO2/c1-6(8-2)3-7-4-9-5-10-7/h4,6,8H,3,5H2,1-2H3. The van der Waals surface area contributed by atoms with Gasteiger partial charge in [0.2, 0.25) is 6.79 Å². The van der Waals surface area contributed by atoms with Crippen LogP contribution in [-0.4, -0.2) is 19.9 Å². The zero-order valence-electron chi connectivity index (χ0n) is 6.39. The molecule has 0 fully saturated rings. The van der Waals surface area contributed by atoms with Gasteiger partial charge in [-0.2, -0.15) is 0 Å². The summed E-state index contributed by atoms with van der Waals surface area (Å²) in [5.41, 5.74) is 0. The van der Waals surface area contributed by atoms with E-state index in [2.05, 4.69) is 12.2 Å². The molecule has 1 unspecified atom stereocenters. The Balaban J connectivity index is 2.23. The quantitative estimate of drug-likeness (QED) is 0.634. The first-order valence-electron chi connectivity index (χ1n) is 3.43. The first-order valence-corrected chi connectivity index (χ1v) is 3.43. The zero-order valence-corrected chi connectivity index (χ0v) is 6.39. The van der Waals surface area contributed by atoms with Gasteiger partial charge in [-0.25, -0.2) is 0 Å². The normalized spacial score (nSPS) is 19.2. The lowest BCUT2D eigenvalue weighted by molar-refractivity contribution is 0.0768. The molecule has 0 aliphatic carbocycles. The van der Waals surface area contributed by atoms with E-state index in [0.29, 0.717) is 12.8 Å². The maximum absolute atomic E-state index is 5.12. The van der Waals surface area contributed by atoms with Crippen molar-refractivity contribution in [3.63, 3.8) is 0 Å². The summed E-state index contributed by atoms with van der Waals surface area (Å²) < 4.78 is 10.0. The molecule has 1 aliphatic heterocycles. The van der Waals surface area contributed by atoms with Crippen LogP contribution in [0.1, 0.15) is 13.3 Å². The molecule has 58 valence electrons. The van der Waals surface area contributed by atoms with E-state index in [4.69, 9.17) is 9.47 Å². The van der Waals surface area contributed by atoms with Crippen LogP contribution < -0.4 is 5.32 Å². The molecule has 0 spiro atoms. The summed E-state index contributed by atoms with van der Waals surface area (Å²) in [6.45, 7) is 2.48. The minimum absolute atomic E-state index is 0.381. The second-order valence-electron chi connectivity index (χ2n) is 2.41. The Morgan fingerprint density at radius 3 is 3.10 bits per heavy atom. The summed E-state index contributed by atoms with van der Waals surface area (Å²) >= 11 is 0. The highest BCUT2D eigenvalue weighted by Gasteiger charge is 2.08. The summed E-state index contributed by atoms with van der Waals surface area (Å²) in [5.74, 6) is 0.932. The van der Waals surface area contributed by atoms with Gasteiger partial charge in [0, 0.05) is 12.5 Å². The van der Waals surface area contributed by atoms with E-state index in [-0.39, 0.29) is 0 Å². The zero-order chi connectivity index (χ0) is 7.40. The second-order valence-corrected chi connectivity index (χ2v) is 2.41. The van der Waals surface area contributed by atoms with Crippen molar-refractivity contribution in [3.05, 3.63) is 12.0 Å². The van der Waals surface area contributed by atoms with Gasteiger partial charge in [-0.05, 0) is 14.0 Å². The van der Waals surface area contributed by atoms with E-state index in [9.17, 15) is 0 Å². The highest BCUT2D eigenvalue weighted by Crippen LogP contribution is 2.12. The molecule has 0 aromatic heterocycles. The lowest BCUT2D eigenvalue weighted by atomic mass is 10.2. The molecule has 0 aromatic rings. The summed E-state index contributed by atoms with van der Waals surface area (Å²) in [5, 5.41) is 3.12. The van der Waals surface area contributed by atoms with Crippen molar-refractivity contribution >= 4 is 0 Å². The fourth-order valence-electron chi connectivity index (χ4n) is 0.782. The predicted molar refractivity (Wildman–Crippen MR) is 38.3 cm³/mol. The van der Waals surface area contributed by atoms with Crippen LogP contribution in [0.3, 0.4) is 0 Å². The van der Waals surface area contributed by atoms with Crippen LogP contribution in [0.2, 0.25) is 0 Å². The highest BCUT2D eigenvalue weighted by molar-refractivity contribution is 4.92. The van der Waals surface area contributed by atoms with E-state index < -0.39 is 0 Å². The van der Waals surface area contributed by atoms with Gasteiger partial charge in [0.25, 0.3) is 0 Å². The average Bonchev–Trinajstić information content (AvgIpc) is 2.40. The first kappa shape index (κ1) is 7.41. The second kappa shape index (κ2) is 3.46. The number of nitrogens with one attached hydrogen (secondary N) is 1. The van der Waals surface area contributed by atoms with Crippen molar-refractivity contribution in [2.24, 2.45) is 0 Å². The van der Waals surface area contributed by atoms with Crippen molar-refractivity contribution in [1.82, 2.24) is 5.32 Å². The lowest BCUT2D eigenvalue weighted by Gasteiger charge is -2.08. The van der Waals surface area contributed by atoms with Gasteiger partial charge < -0.3 is 14.8 Å². The number of rotatable bonds is 3. The monoisotopic (exact) mass is 143 g/mol. The van der Waals surface area contributed by atoms with E-state index >= 15 is 0 Å². The molecule has 1 aliphatic rings. The van der Waals surface area contributed by atoms with Crippen LogP contribution in [-0.2, 0) is 9.47 Å². The van der Waals surface area contributed by atoms with Gasteiger partial charge in [0.15, 0.2) is 0 Å². The molecule has 0 aromatic carbocycles. The molecule has 0 radical (unpaired) electrons. The van der Waals surface area contributed by atoms with Gasteiger partial charge >= 0.3 is 0 Å². The van der Waals surface area contributed by atoms with Crippen molar-refractivity contribution in [1.29, 1.82) is 0 Å². The van der Waals surface area contributed by atoms with Gasteiger partial charge in [-0.3, -0.25) is 0 Å². The van der Waals surface area contributed by atoms with E-state index in [0.717, 1.165) is 12.2 Å². The average molecular weight is 143 g/mol. The topological polar surface area (TPSA) is 30.5 Å². The van der Waals surface area contributed by atoms with Crippen LogP contribution in [0, 0.1) is 0 Å². The fourth-order valence-corrected chi connectivity index (χ4v) is 0.782. The van der Waals surface area contributed by atoms with Gasteiger partial charge in [0.05, 0.1) is 0 Å². The smallest absolute Gasteiger partial charge is 0.229 e. The minimum Gasteiger partial charge on any atom is -0.462 e. The Morgan fingerprint density at radius 1 is 1.80 bits per heavy atom. The third-order valence-electron chi connectivity index (χ3n) is 1.53. The van der Waals surface area contributed by atoms with Crippen LogP contribution in [0.5, 0.6) is 0 Å². The van der Waals surface area contributed by atoms with Crippen LogP contribution in [0.15, 0.2) is 12.0 Å². The third-order valence-corrected chi connectivity index (χ3v) is 1.53. The van der Waals surface area contributed by atoms with Crippen LogP contribution in [0.4, 0.5) is 0 Å². The van der Waals surface area contributed by atoms with Crippen molar-refractivity contribution < 1.29 is 9.47 Å². The van der Waals surface area contributed by atoms with E-state index in [1.54, 1.807) is 6.26 Å². The van der Waals surface area contributed by atoms with Gasteiger partial charge in [-0.1, -0.05) is 0 Å². The molecule has 0 saturated heterocycles. The highest BCUT2D eigenvalue weighted by atomic mass is 16.7. The Morgan fingerprint density at radius 2 is 2.60 bits per heavy atom. The summed E-state index contributed by atoms with van der Waals surface area (Å²) in [7, 11) is 1.93. The molecule has 0 bridgehead atoms. The Kier molecular flexibility index (Phi) is 2.57. The summed E-state index contributed by atoms with van der Waals surface area (Å²) in [6.07, 6.45) is 2.57. The Bertz CT molecular complexity index is 134. The largest absolute Gasteiger partial charge is 0.462 e. The Hall–Kier alpha value is -0.700. The number of hydrogen-bond donors (Lipinski definition) is 1. The third kappa shape index (κ3) is 1.92. The number of ether oxygens (including phenoxy) is 2. The Labute approximate surface area is 61.0 Å². The molecule has 1 atom stereocenters. The molecule has 3 nitrogen and oxygen atoms in total. The van der Waals surface area contributed by atoms with Crippen LogP contribution in [0.25, 0.3) is 0 Å². The van der Waals surface area contributed by atoms with Gasteiger partial charge in [-0.15, -0.1) is 0 Å². The summed E-state index contributed by atoms with van der Waals surface area (Å²) in [4.78, 5) is 0. The SMILES string of the molecule is CNC(C)CC1=COCO1. The van der Waals surface area contributed by atoms with Gasteiger partial charge in [0.1, 0.15) is 12.0 Å². The molecule has 0 saturated carbocycles. The fraction of sp³-hybridized carbons (Fsp3) is 0.714.